The lowest BCUT2D eigenvalue weighted by Gasteiger charge is -2.31. The molecule has 1 amide bonds. The SMILES string of the molecule is C[C@](Cc1ccccc1)(NC(=O)OCC1c2ccccc2-c2ccccc21)C(=O)[O-]. The van der Waals surface area contributed by atoms with Crippen LogP contribution in [0.15, 0.2) is 78.9 Å². The van der Waals surface area contributed by atoms with E-state index in [4.69, 9.17) is 4.74 Å². The summed E-state index contributed by atoms with van der Waals surface area (Å²) in [6.45, 7) is 1.55. The molecular weight excluding hydrogens is 378 g/mol. The second-order valence-electron chi connectivity index (χ2n) is 7.73. The topological polar surface area (TPSA) is 78.5 Å². The highest BCUT2D eigenvalue weighted by Gasteiger charge is 2.32. The molecule has 0 bridgehead atoms. The minimum absolute atomic E-state index is 0.0912. The average Bonchev–Trinajstić information content (AvgIpc) is 3.06. The number of carbonyl (C=O) groups excluding carboxylic acids is 2. The summed E-state index contributed by atoms with van der Waals surface area (Å²) in [5.41, 5.74) is 3.65. The molecule has 4 rings (SSSR count). The highest BCUT2D eigenvalue weighted by atomic mass is 16.5. The van der Waals surface area contributed by atoms with Crippen LogP contribution in [-0.4, -0.2) is 24.2 Å². The fourth-order valence-corrected chi connectivity index (χ4v) is 4.03. The molecule has 30 heavy (non-hydrogen) atoms. The zero-order chi connectivity index (χ0) is 21.1. The molecule has 0 aromatic heterocycles. The number of hydrogen-bond donors (Lipinski definition) is 1. The van der Waals surface area contributed by atoms with E-state index in [1.807, 2.05) is 54.6 Å². The number of nitrogens with one attached hydrogen (secondary N) is 1. The van der Waals surface area contributed by atoms with Gasteiger partial charge in [-0.2, -0.15) is 0 Å². The predicted octanol–water partition coefficient (Wildman–Crippen LogP) is 3.28. The Hall–Kier alpha value is -3.60. The normalized spacial score (nSPS) is 14.3. The number of carboxylic acids is 1. The van der Waals surface area contributed by atoms with Crippen LogP contribution < -0.4 is 10.4 Å². The van der Waals surface area contributed by atoms with Crippen molar-refractivity contribution in [1.29, 1.82) is 0 Å². The van der Waals surface area contributed by atoms with Crippen LogP contribution in [0.2, 0.25) is 0 Å². The first-order valence-electron chi connectivity index (χ1n) is 9.86. The number of ether oxygens (including phenoxy) is 1. The van der Waals surface area contributed by atoms with E-state index in [0.29, 0.717) is 0 Å². The van der Waals surface area contributed by atoms with Crippen molar-refractivity contribution in [2.75, 3.05) is 6.61 Å². The van der Waals surface area contributed by atoms with Gasteiger partial charge in [0.25, 0.3) is 0 Å². The molecule has 0 spiro atoms. The monoisotopic (exact) mass is 400 g/mol. The van der Waals surface area contributed by atoms with Crippen LogP contribution in [0.5, 0.6) is 0 Å². The van der Waals surface area contributed by atoms with E-state index in [0.717, 1.165) is 27.8 Å². The zero-order valence-corrected chi connectivity index (χ0v) is 16.6. The molecular formula is C25H22NO4-. The number of aliphatic carboxylic acids is 1. The molecule has 1 aliphatic rings. The van der Waals surface area contributed by atoms with Crippen LogP contribution in [0.4, 0.5) is 4.79 Å². The second-order valence-corrected chi connectivity index (χ2v) is 7.73. The van der Waals surface area contributed by atoms with Gasteiger partial charge in [0.2, 0.25) is 0 Å². The van der Waals surface area contributed by atoms with Crippen LogP contribution in [0.3, 0.4) is 0 Å². The first kappa shape index (κ1) is 19.7. The lowest BCUT2D eigenvalue weighted by atomic mass is 9.93. The third-order valence-corrected chi connectivity index (χ3v) is 5.57. The van der Waals surface area contributed by atoms with Gasteiger partial charge in [0, 0.05) is 12.3 Å². The van der Waals surface area contributed by atoms with Gasteiger partial charge in [-0.1, -0.05) is 78.9 Å². The Morgan fingerprint density at radius 1 is 0.900 bits per heavy atom. The number of alkyl carbamates (subject to hydrolysis) is 1. The third-order valence-electron chi connectivity index (χ3n) is 5.57. The molecule has 0 saturated carbocycles. The molecule has 0 unspecified atom stereocenters. The van der Waals surface area contributed by atoms with E-state index >= 15 is 0 Å². The van der Waals surface area contributed by atoms with E-state index in [-0.39, 0.29) is 18.9 Å². The van der Waals surface area contributed by atoms with Gasteiger partial charge in [-0.05, 0) is 34.7 Å². The first-order chi connectivity index (χ1) is 14.5. The van der Waals surface area contributed by atoms with Gasteiger partial charge in [-0.25, -0.2) is 4.79 Å². The average molecular weight is 400 g/mol. The van der Waals surface area contributed by atoms with Crippen molar-refractivity contribution in [3.05, 3.63) is 95.6 Å². The fraction of sp³-hybridized carbons (Fsp3) is 0.200. The van der Waals surface area contributed by atoms with Crippen molar-refractivity contribution in [3.63, 3.8) is 0 Å². The van der Waals surface area contributed by atoms with E-state index in [2.05, 4.69) is 17.4 Å². The standard InChI is InChI=1S/C25H23NO4/c1-25(23(27)28,15-17-9-3-2-4-10-17)26-24(29)30-16-22-20-13-7-5-11-18(20)19-12-6-8-14-21(19)22/h2-14,22H,15-16H2,1H3,(H,26,29)(H,27,28)/p-1/t25-/m1/s1. The van der Waals surface area contributed by atoms with E-state index in [1.165, 1.54) is 6.92 Å². The highest BCUT2D eigenvalue weighted by molar-refractivity contribution is 5.83. The smallest absolute Gasteiger partial charge is 0.407 e. The van der Waals surface area contributed by atoms with Gasteiger partial charge in [0.1, 0.15) is 6.61 Å². The summed E-state index contributed by atoms with van der Waals surface area (Å²) in [5, 5.41) is 14.3. The van der Waals surface area contributed by atoms with E-state index in [1.54, 1.807) is 12.1 Å². The Bertz CT molecular complexity index is 1030. The molecule has 152 valence electrons. The Morgan fingerprint density at radius 3 is 2.00 bits per heavy atom. The molecule has 1 aliphatic carbocycles. The highest BCUT2D eigenvalue weighted by Crippen LogP contribution is 2.44. The van der Waals surface area contributed by atoms with Gasteiger partial charge in [0.05, 0.1) is 11.5 Å². The second kappa shape index (κ2) is 8.03. The van der Waals surface area contributed by atoms with Gasteiger partial charge in [-0.3, -0.25) is 0 Å². The van der Waals surface area contributed by atoms with Gasteiger partial charge in [-0.15, -0.1) is 0 Å². The molecule has 1 N–H and O–H groups in total. The Balaban J connectivity index is 1.47. The number of fused-ring (bicyclic) bond motifs is 3. The van der Waals surface area contributed by atoms with Crippen LogP contribution in [-0.2, 0) is 16.0 Å². The summed E-state index contributed by atoms with van der Waals surface area (Å²) in [7, 11) is 0. The molecule has 0 fully saturated rings. The van der Waals surface area contributed by atoms with Gasteiger partial charge < -0.3 is 20.0 Å². The number of amides is 1. The predicted molar refractivity (Wildman–Crippen MR) is 112 cm³/mol. The summed E-state index contributed by atoms with van der Waals surface area (Å²) in [6, 6.07) is 25.2. The van der Waals surface area contributed by atoms with Crippen molar-refractivity contribution in [3.8, 4) is 11.1 Å². The van der Waals surface area contributed by atoms with Gasteiger partial charge in [0.15, 0.2) is 0 Å². The molecule has 0 saturated heterocycles. The van der Waals surface area contributed by atoms with Gasteiger partial charge >= 0.3 is 6.09 Å². The van der Waals surface area contributed by atoms with Crippen LogP contribution in [0, 0.1) is 0 Å². The molecule has 0 heterocycles. The van der Waals surface area contributed by atoms with Crippen molar-refractivity contribution < 1.29 is 19.4 Å². The summed E-state index contributed by atoms with van der Waals surface area (Å²) in [4.78, 5) is 24.3. The zero-order valence-electron chi connectivity index (χ0n) is 16.6. The van der Waals surface area contributed by atoms with Crippen LogP contribution in [0.25, 0.3) is 11.1 Å². The molecule has 0 aliphatic heterocycles. The minimum atomic E-state index is -1.58. The van der Waals surface area contributed by atoms with E-state index < -0.39 is 17.6 Å². The number of benzene rings is 3. The van der Waals surface area contributed by atoms with Crippen LogP contribution in [0.1, 0.15) is 29.5 Å². The maximum Gasteiger partial charge on any atom is 0.407 e. The lowest BCUT2D eigenvalue weighted by molar-refractivity contribution is -0.313. The largest absolute Gasteiger partial charge is 0.548 e. The third kappa shape index (κ3) is 3.79. The number of carboxylic acid groups (broad SMARTS) is 1. The van der Waals surface area contributed by atoms with Crippen molar-refractivity contribution in [1.82, 2.24) is 5.32 Å². The van der Waals surface area contributed by atoms with E-state index in [9.17, 15) is 14.7 Å². The quantitative estimate of drug-likeness (QED) is 0.689. The number of carbonyl (C=O) groups is 2. The molecule has 0 radical (unpaired) electrons. The number of rotatable bonds is 6. The molecule has 5 nitrogen and oxygen atoms in total. The fourth-order valence-electron chi connectivity index (χ4n) is 4.03. The Kier molecular flexibility index (Phi) is 5.27. The van der Waals surface area contributed by atoms with Crippen LogP contribution >= 0.6 is 0 Å². The van der Waals surface area contributed by atoms with Crippen molar-refractivity contribution in [2.45, 2.75) is 24.8 Å². The molecule has 1 atom stereocenters. The maximum absolute atomic E-state index is 12.5. The first-order valence-corrected chi connectivity index (χ1v) is 9.86. The Morgan fingerprint density at radius 2 is 1.43 bits per heavy atom. The van der Waals surface area contributed by atoms with Crippen molar-refractivity contribution >= 4 is 12.1 Å². The Labute approximate surface area is 175 Å². The maximum atomic E-state index is 12.5. The number of hydrogen-bond acceptors (Lipinski definition) is 4. The minimum Gasteiger partial charge on any atom is -0.548 e. The summed E-state index contributed by atoms with van der Waals surface area (Å²) >= 11 is 0. The molecule has 5 heteroatoms. The molecule has 3 aromatic carbocycles. The summed E-state index contributed by atoms with van der Waals surface area (Å²) in [5.74, 6) is -1.45. The molecule has 3 aromatic rings. The lowest BCUT2D eigenvalue weighted by Crippen LogP contribution is -2.59. The summed E-state index contributed by atoms with van der Waals surface area (Å²) in [6.07, 6.45) is -0.681. The van der Waals surface area contributed by atoms with Crippen molar-refractivity contribution in [2.24, 2.45) is 0 Å². The summed E-state index contributed by atoms with van der Waals surface area (Å²) < 4.78 is 5.48.